The minimum atomic E-state index is -4.53. The molecule has 0 aliphatic rings. The number of imidazole rings is 1. The van der Waals surface area contributed by atoms with Crippen molar-refractivity contribution in [2.45, 2.75) is 17.2 Å². The number of hydrogen-bond donors (Lipinski definition) is 1. The van der Waals surface area contributed by atoms with Gasteiger partial charge in [0, 0.05) is 18.9 Å². The van der Waals surface area contributed by atoms with Gasteiger partial charge in [-0.15, -0.1) is 0 Å². The van der Waals surface area contributed by atoms with E-state index in [1.54, 1.807) is 12.5 Å². The fourth-order valence-electron chi connectivity index (χ4n) is 1.61. The highest BCUT2D eigenvalue weighted by atomic mass is 32.2. The van der Waals surface area contributed by atoms with Gasteiger partial charge >= 0.3 is 5.76 Å². The molecule has 0 aliphatic carbocycles. The van der Waals surface area contributed by atoms with Crippen LogP contribution in [0.4, 0.5) is 14.5 Å². The van der Waals surface area contributed by atoms with E-state index >= 15 is 0 Å². The first-order valence-electron chi connectivity index (χ1n) is 5.72. The van der Waals surface area contributed by atoms with Crippen LogP contribution >= 0.6 is 0 Å². The largest absolute Gasteiger partial charge is 0.379 e. The van der Waals surface area contributed by atoms with Gasteiger partial charge in [0.1, 0.15) is 0 Å². The van der Waals surface area contributed by atoms with E-state index in [9.17, 15) is 17.2 Å². The first-order chi connectivity index (χ1) is 9.41. The number of benzene rings is 1. The Hall–Kier alpha value is -1.96. The van der Waals surface area contributed by atoms with Crippen molar-refractivity contribution in [3.8, 4) is 0 Å². The number of aryl methyl sites for hydroxylation is 1. The summed E-state index contributed by atoms with van der Waals surface area (Å²) in [5.41, 5.74) is 1.58. The number of sulfone groups is 1. The monoisotopic (exact) mass is 301 g/mol. The maximum atomic E-state index is 12.4. The topological polar surface area (TPSA) is 64.0 Å². The minimum absolute atomic E-state index is 0.390. The summed E-state index contributed by atoms with van der Waals surface area (Å²) < 4.78 is 49.1. The van der Waals surface area contributed by atoms with E-state index in [4.69, 9.17) is 0 Å². The highest BCUT2D eigenvalue weighted by molar-refractivity contribution is 7.91. The number of halogens is 2. The van der Waals surface area contributed by atoms with Crippen molar-refractivity contribution in [2.24, 2.45) is 7.05 Å². The van der Waals surface area contributed by atoms with E-state index in [0.29, 0.717) is 12.2 Å². The van der Waals surface area contributed by atoms with Crippen molar-refractivity contribution in [3.63, 3.8) is 0 Å². The maximum Gasteiger partial charge on any atom is 0.341 e. The summed E-state index contributed by atoms with van der Waals surface area (Å²) in [6.45, 7) is 0.497. The molecule has 0 unspecified atom stereocenters. The van der Waals surface area contributed by atoms with Gasteiger partial charge in [-0.1, -0.05) is 0 Å². The van der Waals surface area contributed by atoms with Crippen LogP contribution in [0.2, 0.25) is 0 Å². The van der Waals surface area contributed by atoms with Crippen molar-refractivity contribution in [2.75, 3.05) is 5.32 Å². The molecule has 0 bridgehead atoms. The Morgan fingerprint density at radius 3 is 2.45 bits per heavy atom. The molecule has 0 saturated carbocycles. The van der Waals surface area contributed by atoms with Gasteiger partial charge in [-0.05, 0) is 24.3 Å². The molecule has 8 heteroatoms. The van der Waals surface area contributed by atoms with Crippen LogP contribution in [0.5, 0.6) is 0 Å². The van der Waals surface area contributed by atoms with Crippen LogP contribution in [-0.4, -0.2) is 23.7 Å². The normalized spacial score (nSPS) is 11.8. The van der Waals surface area contributed by atoms with E-state index in [1.165, 1.54) is 12.1 Å². The van der Waals surface area contributed by atoms with Gasteiger partial charge in [0.15, 0.2) is 0 Å². The molecule has 1 aromatic heterocycles. The lowest BCUT2D eigenvalue weighted by atomic mass is 10.3. The van der Waals surface area contributed by atoms with Crippen LogP contribution in [0.25, 0.3) is 0 Å². The van der Waals surface area contributed by atoms with Gasteiger partial charge in [0.05, 0.1) is 23.5 Å². The maximum absolute atomic E-state index is 12.4. The Morgan fingerprint density at radius 2 is 1.95 bits per heavy atom. The molecule has 0 radical (unpaired) electrons. The highest BCUT2D eigenvalue weighted by Crippen LogP contribution is 2.20. The van der Waals surface area contributed by atoms with Gasteiger partial charge in [0.2, 0.25) is 9.84 Å². The third-order valence-electron chi connectivity index (χ3n) is 2.81. The van der Waals surface area contributed by atoms with Crippen molar-refractivity contribution in [3.05, 3.63) is 42.5 Å². The number of rotatable bonds is 5. The van der Waals surface area contributed by atoms with E-state index in [1.807, 2.05) is 11.6 Å². The molecule has 0 amide bonds. The van der Waals surface area contributed by atoms with E-state index in [-0.39, 0.29) is 0 Å². The third-order valence-corrected chi connectivity index (χ3v) is 4.21. The van der Waals surface area contributed by atoms with Crippen molar-refractivity contribution < 1.29 is 17.2 Å². The Kier molecular flexibility index (Phi) is 4.03. The third kappa shape index (κ3) is 2.96. The SMILES string of the molecule is Cn1cncc1CNc1ccc(S(=O)(=O)C(F)F)cc1. The zero-order chi connectivity index (χ0) is 14.8. The Labute approximate surface area is 115 Å². The van der Waals surface area contributed by atoms with Crippen LogP contribution in [0, 0.1) is 0 Å². The van der Waals surface area contributed by atoms with Gasteiger partial charge in [-0.25, -0.2) is 13.4 Å². The molecular weight excluding hydrogens is 288 g/mol. The molecule has 5 nitrogen and oxygen atoms in total. The number of alkyl halides is 2. The molecule has 1 aromatic carbocycles. The van der Waals surface area contributed by atoms with Crippen LogP contribution < -0.4 is 5.32 Å². The summed E-state index contributed by atoms with van der Waals surface area (Å²) >= 11 is 0. The molecular formula is C12H13F2N3O2S. The summed E-state index contributed by atoms with van der Waals surface area (Å²) in [5.74, 6) is -3.41. The fraction of sp³-hybridized carbons (Fsp3) is 0.250. The fourth-order valence-corrected chi connectivity index (χ4v) is 2.33. The summed E-state index contributed by atoms with van der Waals surface area (Å²) in [6, 6.07) is 5.22. The standard InChI is InChI=1S/C12H13F2N3O2S/c1-17-8-15-6-10(17)7-16-9-2-4-11(5-3-9)20(18,19)12(13)14/h2-6,8,12,16H,7H2,1H3. The van der Waals surface area contributed by atoms with Crippen LogP contribution in [0.1, 0.15) is 5.69 Å². The summed E-state index contributed by atoms with van der Waals surface area (Å²) in [4.78, 5) is 3.57. The number of aromatic nitrogens is 2. The second kappa shape index (κ2) is 5.58. The molecule has 0 fully saturated rings. The lowest BCUT2D eigenvalue weighted by Crippen LogP contribution is -2.11. The van der Waals surface area contributed by atoms with Crippen molar-refractivity contribution in [1.29, 1.82) is 0 Å². The molecule has 1 N–H and O–H groups in total. The molecule has 1 heterocycles. The zero-order valence-electron chi connectivity index (χ0n) is 10.6. The van der Waals surface area contributed by atoms with Gasteiger partial charge in [0.25, 0.3) is 0 Å². The quantitative estimate of drug-likeness (QED) is 0.918. The first kappa shape index (κ1) is 14.4. The Morgan fingerprint density at radius 1 is 1.30 bits per heavy atom. The number of anilines is 1. The van der Waals surface area contributed by atoms with E-state index in [2.05, 4.69) is 10.3 Å². The van der Waals surface area contributed by atoms with Crippen LogP contribution in [0.3, 0.4) is 0 Å². The van der Waals surface area contributed by atoms with Crippen LogP contribution in [-0.2, 0) is 23.4 Å². The Bertz CT molecular complexity index is 681. The number of nitrogens with one attached hydrogen (secondary N) is 1. The second-order valence-electron chi connectivity index (χ2n) is 4.18. The predicted octanol–water partition coefficient (Wildman–Crippen LogP) is 2.03. The summed E-state index contributed by atoms with van der Waals surface area (Å²) in [7, 11) is -2.68. The molecule has 0 spiro atoms. The average molecular weight is 301 g/mol. The molecule has 0 aliphatic heterocycles. The van der Waals surface area contributed by atoms with E-state index in [0.717, 1.165) is 17.8 Å². The van der Waals surface area contributed by atoms with Crippen LogP contribution in [0.15, 0.2) is 41.7 Å². The lowest BCUT2D eigenvalue weighted by molar-refractivity contribution is 0.234. The molecule has 2 rings (SSSR count). The number of hydrogen-bond acceptors (Lipinski definition) is 4. The predicted molar refractivity (Wildman–Crippen MR) is 70.2 cm³/mol. The van der Waals surface area contributed by atoms with Gasteiger partial charge in [-0.2, -0.15) is 8.78 Å². The molecule has 108 valence electrons. The summed E-state index contributed by atoms with van der Waals surface area (Å²) in [5, 5.41) is 3.05. The van der Waals surface area contributed by atoms with Crippen molar-refractivity contribution >= 4 is 15.5 Å². The van der Waals surface area contributed by atoms with Gasteiger partial charge < -0.3 is 9.88 Å². The number of nitrogens with zero attached hydrogens (tertiary/aromatic N) is 2. The smallest absolute Gasteiger partial charge is 0.341 e. The molecule has 0 saturated heterocycles. The lowest BCUT2D eigenvalue weighted by Gasteiger charge is -2.08. The molecule has 2 aromatic rings. The Balaban J connectivity index is 2.08. The van der Waals surface area contributed by atoms with Crippen molar-refractivity contribution in [1.82, 2.24) is 9.55 Å². The molecule has 20 heavy (non-hydrogen) atoms. The second-order valence-corrected chi connectivity index (χ2v) is 6.10. The highest BCUT2D eigenvalue weighted by Gasteiger charge is 2.26. The average Bonchev–Trinajstić information content (AvgIpc) is 2.82. The van der Waals surface area contributed by atoms with Gasteiger partial charge in [-0.3, -0.25) is 0 Å². The summed E-state index contributed by atoms with van der Waals surface area (Å²) in [6.07, 6.45) is 3.36. The van der Waals surface area contributed by atoms with E-state index < -0.39 is 20.5 Å². The first-order valence-corrected chi connectivity index (χ1v) is 7.27. The minimum Gasteiger partial charge on any atom is -0.379 e. The zero-order valence-corrected chi connectivity index (χ0v) is 11.4. The molecule has 0 atom stereocenters.